The summed E-state index contributed by atoms with van der Waals surface area (Å²) >= 11 is 2.95. The summed E-state index contributed by atoms with van der Waals surface area (Å²) in [6.07, 6.45) is 1.55. The Labute approximate surface area is 116 Å². The molecule has 0 bridgehead atoms. The van der Waals surface area contributed by atoms with E-state index in [1.807, 2.05) is 6.92 Å². The van der Waals surface area contributed by atoms with Crippen LogP contribution in [0.25, 0.3) is 0 Å². The van der Waals surface area contributed by atoms with Crippen LogP contribution in [0.3, 0.4) is 0 Å². The SMILES string of the molecule is Cc1ccc(NC(=O)c2c(F)cc(Br)cc2F)nc1. The second-order valence-corrected chi connectivity index (χ2v) is 4.84. The molecule has 1 amide bonds. The molecule has 0 atom stereocenters. The first-order chi connectivity index (χ1) is 8.97. The van der Waals surface area contributed by atoms with Gasteiger partial charge < -0.3 is 5.32 Å². The van der Waals surface area contributed by atoms with Gasteiger partial charge in [-0.1, -0.05) is 22.0 Å². The van der Waals surface area contributed by atoms with E-state index in [0.717, 1.165) is 17.7 Å². The number of amides is 1. The lowest BCUT2D eigenvalue weighted by Crippen LogP contribution is -2.16. The molecule has 1 aromatic heterocycles. The number of nitrogens with zero attached hydrogens (tertiary/aromatic N) is 1. The van der Waals surface area contributed by atoms with E-state index in [1.54, 1.807) is 18.3 Å². The molecule has 0 spiro atoms. The standard InChI is InChI=1S/C13H9BrF2N2O/c1-7-2-3-11(17-6-7)18-13(19)12-9(15)4-8(14)5-10(12)16/h2-6H,1H3,(H,17,18,19). The first-order valence-corrected chi connectivity index (χ1v) is 6.15. The van der Waals surface area contributed by atoms with Crippen molar-refractivity contribution in [2.75, 3.05) is 5.32 Å². The number of halogens is 3. The number of benzene rings is 1. The van der Waals surface area contributed by atoms with Gasteiger partial charge in [0, 0.05) is 10.7 Å². The molecule has 0 aliphatic carbocycles. The Kier molecular flexibility index (Phi) is 3.90. The first-order valence-electron chi connectivity index (χ1n) is 5.36. The van der Waals surface area contributed by atoms with Crippen molar-refractivity contribution in [2.24, 2.45) is 0 Å². The second-order valence-electron chi connectivity index (χ2n) is 3.92. The topological polar surface area (TPSA) is 42.0 Å². The van der Waals surface area contributed by atoms with Gasteiger partial charge in [0.1, 0.15) is 23.0 Å². The Morgan fingerprint density at radius 3 is 2.42 bits per heavy atom. The maximum absolute atomic E-state index is 13.6. The minimum Gasteiger partial charge on any atom is -0.306 e. The Hall–Kier alpha value is -1.82. The monoisotopic (exact) mass is 326 g/mol. The minimum atomic E-state index is -0.934. The molecule has 0 aliphatic rings. The van der Waals surface area contributed by atoms with Crippen LogP contribution in [0, 0.1) is 18.6 Å². The van der Waals surface area contributed by atoms with Crippen molar-refractivity contribution in [1.82, 2.24) is 4.98 Å². The lowest BCUT2D eigenvalue weighted by molar-refractivity contribution is 0.101. The number of nitrogens with one attached hydrogen (secondary N) is 1. The van der Waals surface area contributed by atoms with Crippen molar-refractivity contribution in [3.63, 3.8) is 0 Å². The average Bonchev–Trinajstić information content (AvgIpc) is 2.30. The molecule has 0 fully saturated rings. The molecule has 6 heteroatoms. The number of anilines is 1. The predicted molar refractivity (Wildman–Crippen MR) is 71.0 cm³/mol. The molecule has 1 heterocycles. The first kappa shape index (κ1) is 13.6. The van der Waals surface area contributed by atoms with Crippen molar-refractivity contribution in [3.05, 3.63) is 57.7 Å². The number of pyridine rings is 1. The number of aryl methyl sites for hydroxylation is 1. The molecule has 0 saturated carbocycles. The summed E-state index contributed by atoms with van der Waals surface area (Å²) in [5, 5.41) is 2.34. The highest BCUT2D eigenvalue weighted by Crippen LogP contribution is 2.20. The zero-order chi connectivity index (χ0) is 14.0. The minimum absolute atomic E-state index is 0.229. The maximum atomic E-state index is 13.6. The number of carbonyl (C=O) groups is 1. The van der Waals surface area contributed by atoms with Gasteiger partial charge in [0.25, 0.3) is 5.91 Å². The van der Waals surface area contributed by atoms with Crippen LogP contribution in [0.1, 0.15) is 15.9 Å². The number of hydrogen-bond acceptors (Lipinski definition) is 2. The zero-order valence-corrected chi connectivity index (χ0v) is 11.5. The van der Waals surface area contributed by atoms with Crippen molar-refractivity contribution in [3.8, 4) is 0 Å². The molecule has 2 rings (SSSR count). The van der Waals surface area contributed by atoms with Gasteiger partial charge in [-0.3, -0.25) is 4.79 Å². The van der Waals surface area contributed by atoms with Gasteiger partial charge in [0.15, 0.2) is 0 Å². The summed E-state index contributed by atoms with van der Waals surface area (Å²) in [6, 6.07) is 5.35. The molecule has 19 heavy (non-hydrogen) atoms. The van der Waals surface area contributed by atoms with Crippen LogP contribution in [0.2, 0.25) is 0 Å². The Morgan fingerprint density at radius 1 is 1.26 bits per heavy atom. The van der Waals surface area contributed by atoms with Gasteiger partial charge in [0.2, 0.25) is 0 Å². The zero-order valence-electron chi connectivity index (χ0n) is 9.88. The fourth-order valence-electron chi connectivity index (χ4n) is 1.48. The van der Waals surface area contributed by atoms with E-state index >= 15 is 0 Å². The maximum Gasteiger partial charge on any atom is 0.262 e. The predicted octanol–water partition coefficient (Wildman–Crippen LogP) is 3.68. The Bertz CT molecular complexity index is 606. The molecule has 0 saturated heterocycles. The third-order valence-electron chi connectivity index (χ3n) is 2.39. The van der Waals surface area contributed by atoms with Crippen molar-refractivity contribution in [1.29, 1.82) is 0 Å². The van der Waals surface area contributed by atoms with E-state index < -0.39 is 23.1 Å². The number of carbonyl (C=O) groups excluding carboxylic acids is 1. The van der Waals surface area contributed by atoms with Crippen molar-refractivity contribution < 1.29 is 13.6 Å². The molecular weight excluding hydrogens is 318 g/mol. The van der Waals surface area contributed by atoms with Gasteiger partial charge in [0.05, 0.1) is 0 Å². The molecule has 98 valence electrons. The van der Waals surface area contributed by atoms with Crippen LogP contribution in [-0.4, -0.2) is 10.9 Å². The van der Waals surface area contributed by atoms with Crippen LogP contribution >= 0.6 is 15.9 Å². The summed E-state index contributed by atoms with van der Waals surface area (Å²) in [5.74, 6) is -2.51. The summed E-state index contributed by atoms with van der Waals surface area (Å²) in [6.45, 7) is 1.84. The highest BCUT2D eigenvalue weighted by atomic mass is 79.9. The Morgan fingerprint density at radius 2 is 1.89 bits per heavy atom. The van der Waals surface area contributed by atoms with Gasteiger partial charge in [-0.15, -0.1) is 0 Å². The fourth-order valence-corrected chi connectivity index (χ4v) is 1.88. The van der Waals surface area contributed by atoms with Crippen molar-refractivity contribution in [2.45, 2.75) is 6.92 Å². The third-order valence-corrected chi connectivity index (χ3v) is 2.84. The van der Waals surface area contributed by atoms with E-state index in [1.165, 1.54) is 0 Å². The molecule has 3 nitrogen and oxygen atoms in total. The molecular formula is C13H9BrF2N2O. The lowest BCUT2D eigenvalue weighted by Gasteiger charge is -2.07. The van der Waals surface area contributed by atoms with Crippen molar-refractivity contribution >= 4 is 27.7 Å². The smallest absolute Gasteiger partial charge is 0.262 e. The van der Waals surface area contributed by atoms with Gasteiger partial charge in [-0.05, 0) is 30.7 Å². The molecule has 2 aromatic rings. The van der Waals surface area contributed by atoms with E-state index in [2.05, 4.69) is 26.2 Å². The normalized spacial score (nSPS) is 10.3. The van der Waals surface area contributed by atoms with E-state index in [-0.39, 0.29) is 10.3 Å². The van der Waals surface area contributed by atoms with Gasteiger partial charge >= 0.3 is 0 Å². The number of aromatic nitrogens is 1. The molecule has 0 unspecified atom stereocenters. The molecule has 0 aliphatic heterocycles. The van der Waals surface area contributed by atoms with Crippen LogP contribution < -0.4 is 5.32 Å². The van der Waals surface area contributed by atoms with Crippen LogP contribution in [0.15, 0.2) is 34.9 Å². The summed E-state index contributed by atoms with van der Waals surface area (Å²) in [5.41, 5.74) is 0.282. The summed E-state index contributed by atoms with van der Waals surface area (Å²) in [7, 11) is 0. The quantitative estimate of drug-likeness (QED) is 0.914. The number of hydrogen-bond donors (Lipinski definition) is 1. The van der Waals surface area contributed by atoms with Crippen LogP contribution in [0.4, 0.5) is 14.6 Å². The van der Waals surface area contributed by atoms with Crippen LogP contribution in [0.5, 0.6) is 0 Å². The Balaban J connectivity index is 2.28. The van der Waals surface area contributed by atoms with E-state index in [4.69, 9.17) is 0 Å². The average molecular weight is 327 g/mol. The highest BCUT2D eigenvalue weighted by Gasteiger charge is 2.18. The third kappa shape index (κ3) is 3.14. The molecule has 1 N–H and O–H groups in total. The molecule has 0 radical (unpaired) electrons. The van der Waals surface area contributed by atoms with E-state index in [9.17, 15) is 13.6 Å². The summed E-state index contributed by atoms with van der Waals surface area (Å²) in [4.78, 5) is 15.7. The molecule has 1 aromatic carbocycles. The fraction of sp³-hybridized carbons (Fsp3) is 0.0769. The summed E-state index contributed by atoms with van der Waals surface area (Å²) < 4.78 is 27.4. The lowest BCUT2D eigenvalue weighted by atomic mass is 10.2. The van der Waals surface area contributed by atoms with Gasteiger partial charge in [-0.2, -0.15) is 0 Å². The second kappa shape index (κ2) is 5.44. The highest BCUT2D eigenvalue weighted by molar-refractivity contribution is 9.10. The van der Waals surface area contributed by atoms with E-state index in [0.29, 0.717) is 0 Å². The van der Waals surface area contributed by atoms with Crippen LogP contribution in [-0.2, 0) is 0 Å². The van der Waals surface area contributed by atoms with Gasteiger partial charge in [-0.25, -0.2) is 13.8 Å². The largest absolute Gasteiger partial charge is 0.306 e. The number of rotatable bonds is 2.